The smallest absolute Gasteiger partial charge is 0.345 e. The van der Waals surface area contributed by atoms with Crippen LogP contribution in [0.15, 0.2) is 97.1 Å². The second-order valence-corrected chi connectivity index (χ2v) is 6.68. The quantitative estimate of drug-likeness (QED) is 0.444. The SMILES string of the molecule is O=C(O)[C@@H](Cc1ccccc1Oc1ccccc1)Oc1ccc2ccccc2c1. The molecule has 0 saturated heterocycles. The molecular formula is C25H20O4. The van der Waals surface area contributed by atoms with E-state index in [-0.39, 0.29) is 6.42 Å². The topological polar surface area (TPSA) is 55.8 Å². The minimum atomic E-state index is -1.03. The molecule has 4 rings (SSSR count). The van der Waals surface area contributed by atoms with Crippen LogP contribution in [0, 0.1) is 0 Å². The summed E-state index contributed by atoms with van der Waals surface area (Å²) in [7, 11) is 0. The maximum absolute atomic E-state index is 11.9. The average molecular weight is 384 g/mol. The lowest BCUT2D eigenvalue weighted by atomic mass is 10.1. The number of para-hydroxylation sites is 2. The Labute approximate surface area is 169 Å². The number of benzene rings is 4. The van der Waals surface area contributed by atoms with Crippen LogP contribution in [0.5, 0.6) is 17.2 Å². The number of ether oxygens (including phenoxy) is 2. The van der Waals surface area contributed by atoms with E-state index >= 15 is 0 Å². The van der Waals surface area contributed by atoms with Gasteiger partial charge in [-0.25, -0.2) is 4.79 Å². The maximum atomic E-state index is 11.9. The van der Waals surface area contributed by atoms with Gasteiger partial charge in [0.25, 0.3) is 0 Å². The van der Waals surface area contributed by atoms with Crippen LogP contribution in [0.1, 0.15) is 5.56 Å². The highest BCUT2D eigenvalue weighted by atomic mass is 16.5. The minimum Gasteiger partial charge on any atom is -0.478 e. The lowest BCUT2D eigenvalue weighted by Gasteiger charge is -2.18. The van der Waals surface area contributed by atoms with Gasteiger partial charge in [0.05, 0.1) is 0 Å². The predicted molar refractivity (Wildman–Crippen MR) is 113 cm³/mol. The van der Waals surface area contributed by atoms with E-state index < -0.39 is 12.1 Å². The van der Waals surface area contributed by atoms with Crippen LogP contribution in [-0.4, -0.2) is 17.2 Å². The van der Waals surface area contributed by atoms with Crippen molar-refractivity contribution in [2.75, 3.05) is 0 Å². The number of carboxylic acid groups (broad SMARTS) is 1. The normalized spacial score (nSPS) is 11.7. The lowest BCUT2D eigenvalue weighted by molar-refractivity contribution is -0.145. The number of aliphatic carboxylic acids is 1. The van der Waals surface area contributed by atoms with E-state index in [1.165, 1.54) is 0 Å². The molecule has 0 heterocycles. The van der Waals surface area contributed by atoms with E-state index in [0.29, 0.717) is 17.2 Å². The van der Waals surface area contributed by atoms with Crippen molar-refractivity contribution in [1.82, 2.24) is 0 Å². The number of carboxylic acids is 1. The van der Waals surface area contributed by atoms with E-state index in [2.05, 4.69) is 0 Å². The van der Waals surface area contributed by atoms with Gasteiger partial charge in [0, 0.05) is 6.42 Å². The van der Waals surface area contributed by atoms with Gasteiger partial charge in [0.15, 0.2) is 6.10 Å². The van der Waals surface area contributed by atoms with Crippen LogP contribution in [0.4, 0.5) is 0 Å². The number of fused-ring (bicyclic) bond motifs is 1. The molecule has 0 amide bonds. The summed E-state index contributed by atoms with van der Waals surface area (Å²) < 4.78 is 11.8. The third-order valence-electron chi connectivity index (χ3n) is 4.62. The summed E-state index contributed by atoms with van der Waals surface area (Å²) in [4.78, 5) is 11.9. The van der Waals surface area contributed by atoms with E-state index in [4.69, 9.17) is 9.47 Å². The fourth-order valence-electron chi connectivity index (χ4n) is 3.17. The van der Waals surface area contributed by atoms with Crippen molar-refractivity contribution in [1.29, 1.82) is 0 Å². The first-order valence-electron chi connectivity index (χ1n) is 9.38. The van der Waals surface area contributed by atoms with E-state index in [0.717, 1.165) is 16.3 Å². The Morgan fingerprint density at radius 3 is 2.24 bits per heavy atom. The molecule has 0 radical (unpaired) electrons. The number of rotatable bonds is 7. The summed E-state index contributed by atoms with van der Waals surface area (Å²) in [5.41, 5.74) is 0.768. The Kier molecular flexibility index (Phi) is 5.43. The maximum Gasteiger partial charge on any atom is 0.345 e. The standard InChI is InChI=1S/C25H20O4/c26-25(27)24(29-22-15-14-18-8-4-5-9-19(18)16-22)17-20-10-6-7-13-23(20)28-21-11-2-1-3-12-21/h1-16,24H,17H2,(H,26,27)/t24-/m1/s1. The molecule has 0 aliphatic heterocycles. The van der Waals surface area contributed by atoms with Crippen molar-refractivity contribution >= 4 is 16.7 Å². The Hall–Kier alpha value is -3.79. The number of hydrogen-bond donors (Lipinski definition) is 1. The van der Waals surface area contributed by atoms with Gasteiger partial charge in [-0.15, -0.1) is 0 Å². The van der Waals surface area contributed by atoms with Crippen molar-refractivity contribution < 1.29 is 19.4 Å². The van der Waals surface area contributed by atoms with Gasteiger partial charge in [-0.05, 0) is 46.7 Å². The third kappa shape index (κ3) is 4.55. The van der Waals surface area contributed by atoms with Crippen LogP contribution in [-0.2, 0) is 11.2 Å². The molecule has 4 heteroatoms. The molecule has 0 unspecified atom stereocenters. The van der Waals surface area contributed by atoms with Gasteiger partial charge in [-0.1, -0.05) is 66.7 Å². The second-order valence-electron chi connectivity index (χ2n) is 6.68. The van der Waals surface area contributed by atoms with Gasteiger partial charge in [-0.3, -0.25) is 0 Å². The summed E-state index contributed by atoms with van der Waals surface area (Å²) >= 11 is 0. The molecule has 4 nitrogen and oxygen atoms in total. The van der Waals surface area contributed by atoms with Gasteiger partial charge in [0.2, 0.25) is 0 Å². The fraction of sp³-hybridized carbons (Fsp3) is 0.0800. The zero-order valence-electron chi connectivity index (χ0n) is 15.7. The van der Waals surface area contributed by atoms with Crippen molar-refractivity contribution in [2.45, 2.75) is 12.5 Å². The van der Waals surface area contributed by atoms with Crippen molar-refractivity contribution in [2.24, 2.45) is 0 Å². The Bertz CT molecular complexity index is 1120. The molecule has 29 heavy (non-hydrogen) atoms. The van der Waals surface area contributed by atoms with E-state index in [1.807, 2.05) is 91.0 Å². The molecule has 4 aromatic carbocycles. The molecule has 0 saturated carbocycles. The third-order valence-corrected chi connectivity index (χ3v) is 4.62. The number of hydrogen-bond acceptors (Lipinski definition) is 3. The van der Waals surface area contributed by atoms with Crippen LogP contribution in [0.3, 0.4) is 0 Å². The number of carbonyl (C=O) groups is 1. The zero-order valence-corrected chi connectivity index (χ0v) is 15.7. The highest BCUT2D eigenvalue weighted by Gasteiger charge is 2.22. The van der Waals surface area contributed by atoms with Gasteiger partial charge in [-0.2, -0.15) is 0 Å². The molecule has 0 aliphatic carbocycles. The average Bonchev–Trinajstić information content (AvgIpc) is 2.75. The fourth-order valence-corrected chi connectivity index (χ4v) is 3.17. The summed E-state index contributed by atoms with van der Waals surface area (Å²) in [6.45, 7) is 0. The Morgan fingerprint density at radius 2 is 1.45 bits per heavy atom. The van der Waals surface area contributed by atoms with Crippen molar-refractivity contribution in [3.8, 4) is 17.2 Å². The summed E-state index contributed by atoms with van der Waals surface area (Å²) in [6.07, 6.45) is -0.845. The first-order valence-corrected chi connectivity index (χ1v) is 9.38. The molecule has 144 valence electrons. The van der Waals surface area contributed by atoms with Crippen LogP contribution >= 0.6 is 0 Å². The molecule has 0 bridgehead atoms. The summed E-state index contributed by atoms with van der Waals surface area (Å²) in [6, 6.07) is 30.3. The molecule has 0 fully saturated rings. The first kappa shape index (κ1) is 18.6. The molecule has 4 aromatic rings. The Balaban J connectivity index is 1.56. The van der Waals surface area contributed by atoms with Crippen LogP contribution in [0.25, 0.3) is 10.8 Å². The molecule has 0 aliphatic rings. The van der Waals surface area contributed by atoms with Gasteiger partial charge >= 0.3 is 5.97 Å². The predicted octanol–water partition coefficient (Wildman–Crippen LogP) is 5.71. The van der Waals surface area contributed by atoms with E-state index in [1.54, 1.807) is 6.07 Å². The van der Waals surface area contributed by atoms with Crippen LogP contribution in [0.2, 0.25) is 0 Å². The summed E-state index contributed by atoms with van der Waals surface area (Å²) in [5.74, 6) is 0.819. The molecular weight excluding hydrogens is 364 g/mol. The van der Waals surface area contributed by atoms with Crippen molar-refractivity contribution in [3.05, 3.63) is 103 Å². The van der Waals surface area contributed by atoms with E-state index in [9.17, 15) is 9.90 Å². The first-order chi connectivity index (χ1) is 14.2. The molecule has 1 N–H and O–H groups in total. The monoisotopic (exact) mass is 384 g/mol. The zero-order chi connectivity index (χ0) is 20.1. The lowest BCUT2D eigenvalue weighted by Crippen LogP contribution is -2.29. The highest BCUT2D eigenvalue weighted by Crippen LogP contribution is 2.28. The molecule has 0 spiro atoms. The van der Waals surface area contributed by atoms with Crippen LogP contribution < -0.4 is 9.47 Å². The van der Waals surface area contributed by atoms with Crippen molar-refractivity contribution in [3.63, 3.8) is 0 Å². The second kappa shape index (κ2) is 8.48. The van der Waals surface area contributed by atoms with Gasteiger partial charge in [0.1, 0.15) is 17.2 Å². The van der Waals surface area contributed by atoms with Gasteiger partial charge < -0.3 is 14.6 Å². The Morgan fingerprint density at radius 1 is 0.759 bits per heavy atom. The highest BCUT2D eigenvalue weighted by molar-refractivity contribution is 5.84. The summed E-state index contributed by atoms with van der Waals surface area (Å²) in [5, 5.41) is 11.8. The minimum absolute atomic E-state index is 0.186. The molecule has 0 aromatic heterocycles. The molecule has 1 atom stereocenters. The largest absolute Gasteiger partial charge is 0.478 e.